The van der Waals surface area contributed by atoms with Gasteiger partial charge in [0.05, 0.1) is 0 Å². The molecular formula is C18H20BrNO. The van der Waals surface area contributed by atoms with Crippen LogP contribution in [0.1, 0.15) is 37.0 Å². The van der Waals surface area contributed by atoms with Crippen molar-refractivity contribution in [1.82, 2.24) is 4.90 Å². The van der Waals surface area contributed by atoms with Gasteiger partial charge in [0.15, 0.2) is 0 Å². The highest BCUT2D eigenvalue weighted by Gasteiger charge is 2.33. The van der Waals surface area contributed by atoms with Crippen molar-refractivity contribution < 1.29 is 4.79 Å². The van der Waals surface area contributed by atoms with Crippen LogP contribution in [0.3, 0.4) is 0 Å². The highest BCUT2D eigenvalue weighted by Crippen LogP contribution is 2.30. The quantitative estimate of drug-likeness (QED) is 0.774. The van der Waals surface area contributed by atoms with Crippen molar-refractivity contribution in [3.63, 3.8) is 0 Å². The molecule has 2 nitrogen and oxygen atoms in total. The highest BCUT2D eigenvalue weighted by molar-refractivity contribution is 9.10. The first-order valence-electron chi connectivity index (χ1n) is 7.55. The zero-order valence-electron chi connectivity index (χ0n) is 12.5. The second-order valence-electron chi connectivity index (χ2n) is 6.29. The summed E-state index contributed by atoms with van der Waals surface area (Å²) in [7, 11) is 0. The molecule has 21 heavy (non-hydrogen) atoms. The molecule has 0 heterocycles. The number of hydrogen-bond donors (Lipinski definition) is 0. The van der Waals surface area contributed by atoms with Crippen molar-refractivity contribution in [2.45, 2.75) is 32.7 Å². The van der Waals surface area contributed by atoms with E-state index in [1.807, 2.05) is 24.3 Å². The summed E-state index contributed by atoms with van der Waals surface area (Å²) in [6, 6.07) is 12.6. The zero-order valence-corrected chi connectivity index (χ0v) is 14.1. The number of fused-ring (bicyclic) bond motifs is 1. The van der Waals surface area contributed by atoms with E-state index in [9.17, 15) is 4.79 Å². The third-order valence-corrected chi connectivity index (χ3v) is 4.35. The maximum atomic E-state index is 12.8. The standard InChI is InChI=1S/C18H20BrNO/c1-12(2)11-20(17-7-8-17)18(21)15-4-3-14-10-16(19)6-5-13(14)9-15/h3-6,9-10,12,17H,7-8,11H2,1-2H3. The van der Waals surface area contributed by atoms with E-state index in [1.165, 1.54) is 0 Å². The Morgan fingerprint density at radius 2 is 1.86 bits per heavy atom. The number of nitrogens with zero attached hydrogens (tertiary/aromatic N) is 1. The molecule has 0 unspecified atom stereocenters. The molecule has 0 bridgehead atoms. The summed E-state index contributed by atoms with van der Waals surface area (Å²) in [6.45, 7) is 5.18. The van der Waals surface area contributed by atoms with Crippen molar-refractivity contribution in [2.75, 3.05) is 6.54 Å². The molecule has 1 fully saturated rings. The molecule has 1 amide bonds. The van der Waals surface area contributed by atoms with Gasteiger partial charge in [-0.25, -0.2) is 0 Å². The number of carbonyl (C=O) groups is 1. The lowest BCUT2D eigenvalue weighted by Crippen LogP contribution is -2.36. The monoisotopic (exact) mass is 345 g/mol. The van der Waals surface area contributed by atoms with Gasteiger partial charge in [0.25, 0.3) is 5.91 Å². The van der Waals surface area contributed by atoms with Gasteiger partial charge in [0.2, 0.25) is 0 Å². The normalized spacial score (nSPS) is 14.7. The van der Waals surface area contributed by atoms with Crippen LogP contribution in [0.2, 0.25) is 0 Å². The Bertz CT molecular complexity index is 676. The minimum absolute atomic E-state index is 0.177. The molecule has 0 saturated heterocycles. The van der Waals surface area contributed by atoms with Gasteiger partial charge in [-0.3, -0.25) is 4.79 Å². The largest absolute Gasteiger partial charge is 0.335 e. The van der Waals surface area contributed by atoms with E-state index in [4.69, 9.17) is 0 Å². The molecule has 1 aliphatic carbocycles. The predicted molar refractivity (Wildman–Crippen MR) is 90.5 cm³/mol. The molecule has 1 saturated carbocycles. The predicted octanol–water partition coefficient (Wildman–Crippen LogP) is 4.86. The van der Waals surface area contributed by atoms with Crippen molar-refractivity contribution in [2.24, 2.45) is 5.92 Å². The lowest BCUT2D eigenvalue weighted by molar-refractivity contribution is 0.0722. The van der Waals surface area contributed by atoms with E-state index in [1.54, 1.807) is 0 Å². The third kappa shape index (κ3) is 3.29. The molecular weight excluding hydrogens is 326 g/mol. The average molecular weight is 346 g/mol. The average Bonchev–Trinajstić information content (AvgIpc) is 3.27. The van der Waals surface area contributed by atoms with Crippen LogP contribution in [0.4, 0.5) is 0 Å². The summed E-state index contributed by atoms with van der Waals surface area (Å²) >= 11 is 3.48. The molecule has 0 N–H and O–H groups in total. The SMILES string of the molecule is CC(C)CN(C(=O)c1ccc2cc(Br)ccc2c1)C1CC1. The topological polar surface area (TPSA) is 20.3 Å². The first kappa shape index (κ1) is 14.6. The lowest BCUT2D eigenvalue weighted by Gasteiger charge is -2.24. The third-order valence-electron chi connectivity index (χ3n) is 3.86. The second kappa shape index (κ2) is 5.80. The Hall–Kier alpha value is -1.35. The summed E-state index contributed by atoms with van der Waals surface area (Å²) in [5.74, 6) is 0.682. The van der Waals surface area contributed by atoms with Crippen molar-refractivity contribution in [3.05, 3.63) is 46.4 Å². The Kier molecular flexibility index (Phi) is 4.03. The molecule has 0 atom stereocenters. The van der Waals surface area contributed by atoms with Crippen LogP contribution in [-0.2, 0) is 0 Å². The first-order chi connectivity index (χ1) is 10.0. The summed E-state index contributed by atoms with van der Waals surface area (Å²) in [5.41, 5.74) is 0.803. The van der Waals surface area contributed by atoms with Crippen LogP contribution in [0, 0.1) is 5.92 Å². The Balaban J connectivity index is 1.91. The van der Waals surface area contributed by atoms with E-state index in [2.05, 4.69) is 46.8 Å². The number of halogens is 1. The fourth-order valence-corrected chi connectivity index (χ4v) is 3.07. The number of hydrogen-bond acceptors (Lipinski definition) is 1. The van der Waals surface area contributed by atoms with Gasteiger partial charge in [-0.05, 0) is 53.8 Å². The molecule has 110 valence electrons. The summed E-state index contributed by atoms with van der Waals surface area (Å²) in [5, 5.41) is 2.27. The van der Waals surface area contributed by atoms with Gasteiger partial charge in [0, 0.05) is 22.6 Å². The van der Waals surface area contributed by atoms with E-state index >= 15 is 0 Å². The Morgan fingerprint density at radius 3 is 2.52 bits per heavy atom. The summed E-state index contributed by atoms with van der Waals surface area (Å²) < 4.78 is 1.06. The zero-order chi connectivity index (χ0) is 15.0. The molecule has 2 aromatic carbocycles. The Labute approximate surface area is 134 Å². The maximum Gasteiger partial charge on any atom is 0.254 e. The number of carbonyl (C=O) groups excluding carboxylic acids is 1. The van der Waals surface area contributed by atoms with Crippen molar-refractivity contribution in [3.8, 4) is 0 Å². The van der Waals surface area contributed by atoms with Gasteiger partial charge in [-0.1, -0.05) is 41.9 Å². The smallest absolute Gasteiger partial charge is 0.254 e. The van der Waals surface area contributed by atoms with Gasteiger partial charge >= 0.3 is 0 Å². The van der Waals surface area contributed by atoms with Crippen LogP contribution < -0.4 is 0 Å². The molecule has 0 radical (unpaired) electrons. The number of benzene rings is 2. The molecule has 0 aromatic heterocycles. The second-order valence-corrected chi connectivity index (χ2v) is 7.20. The molecule has 3 heteroatoms. The number of rotatable bonds is 4. The van der Waals surface area contributed by atoms with Crippen molar-refractivity contribution in [1.29, 1.82) is 0 Å². The van der Waals surface area contributed by atoms with E-state index in [0.717, 1.165) is 40.2 Å². The molecule has 0 aliphatic heterocycles. The minimum Gasteiger partial charge on any atom is -0.335 e. The van der Waals surface area contributed by atoms with Crippen LogP contribution in [-0.4, -0.2) is 23.4 Å². The Morgan fingerprint density at radius 1 is 1.19 bits per heavy atom. The molecule has 3 rings (SSSR count). The fourth-order valence-electron chi connectivity index (χ4n) is 2.69. The minimum atomic E-state index is 0.177. The van der Waals surface area contributed by atoms with Crippen molar-refractivity contribution >= 4 is 32.6 Å². The van der Waals surface area contributed by atoms with Crippen LogP contribution in [0.5, 0.6) is 0 Å². The van der Waals surface area contributed by atoms with Gasteiger partial charge in [0.1, 0.15) is 0 Å². The van der Waals surface area contributed by atoms with E-state index in [-0.39, 0.29) is 5.91 Å². The van der Waals surface area contributed by atoms with Crippen LogP contribution in [0.25, 0.3) is 10.8 Å². The van der Waals surface area contributed by atoms with Crippen LogP contribution in [0.15, 0.2) is 40.9 Å². The molecule has 1 aliphatic rings. The summed E-state index contributed by atoms with van der Waals surface area (Å²) in [4.78, 5) is 14.8. The highest BCUT2D eigenvalue weighted by atomic mass is 79.9. The fraction of sp³-hybridized carbons (Fsp3) is 0.389. The first-order valence-corrected chi connectivity index (χ1v) is 8.34. The molecule has 0 spiro atoms. The van der Waals surface area contributed by atoms with Gasteiger partial charge < -0.3 is 4.90 Å². The summed E-state index contributed by atoms with van der Waals surface area (Å²) in [6.07, 6.45) is 2.30. The van der Waals surface area contributed by atoms with E-state index < -0.39 is 0 Å². The lowest BCUT2D eigenvalue weighted by atomic mass is 10.1. The van der Waals surface area contributed by atoms with Gasteiger partial charge in [-0.2, -0.15) is 0 Å². The van der Waals surface area contributed by atoms with Crippen LogP contribution >= 0.6 is 15.9 Å². The number of amides is 1. The van der Waals surface area contributed by atoms with Gasteiger partial charge in [-0.15, -0.1) is 0 Å². The molecule has 2 aromatic rings. The van der Waals surface area contributed by atoms with E-state index in [0.29, 0.717) is 12.0 Å². The maximum absolute atomic E-state index is 12.8.